The summed E-state index contributed by atoms with van der Waals surface area (Å²) in [5.74, 6) is 0.503. The van der Waals surface area contributed by atoms with E-state index in [2.05, 4.69) is 20.3 Å². The standard InChI is InChI=1S/C15H15N3O3/c1-20-14-10-12(16-11-6-4-3-5-7-11)8-9-13(14)17-18-15(19)21-2/h3-10,16H,1-2H3. The number of carbonyl (C=O) groups excluding carboxylic acids is 1. The molecule has 0 heterocycles. The molecule has 21 heavy (non-hydrogen) atoms. The quantitative estimate of drug-likeness (QED) is 0.850. The maximum atomic E-state index is 11.0. The van der Waals surface area contributed by atoms with Crippen LogP contribution in [0.15, 0.2) is 58.8 Å². The minimum Gasteiger partial charge on any atom is -0.494 e. The number of hydrogen-bond acceptors (Lipinski definition) is 5. The van der Waals surface area contributed by atoms with Gasteiger partial charge in [0.05, 0.1) is 14.2 Å². The number of carbonyl (C=O) groups is 1. The normalized spacial score (nSPS) is 10.4. The Bertz CT molecular complexity index is 642. The Labute approximate surface area is 122 Å². The monoisotopic (exact) mass is 285 g/mol. The van der Waals surface area contributed by atoms with E-state index in [1.165, 1.54) is 14.2 Å². The number of ether oxygens (including phenoxy) is 2. The summed E-state index contributed by atoms with van der Waals surface area (Å²) in [5, 5.41) is 10.4. The van der Waals surface area contributed by atoms with E-state index >= 15 is 0 Å². The van der Waals surface area contributed by atoms with Gasteiger partial charge in [-0.1, -0.05) is 23.3 Å². The maximum absolute atomic E-state index is 11.0. The molecule has 1 amide bonds. The summed E-state index contributed by atoms with van der Waals surface area (Å²) in [7, 11) is 2.77. The zero-order chi connectivity index (χ0) is 15.1. The molecule has 6 nitrogen and oxygen atoms in total. The molecule has 0 aliphatic carbocycles. The Balaban J connectivity index is 2.20. The van der Waals surface area contributed by atoms with Crippen molar-refractivity contribution in [2.24, 2.45) is 10.2 Å². The Morgan fingerprint density at radius 2 is 1.81 bits per heavy atom. The van der Waals surface area contributed by atoms with Crippen molar-refractivity contribution < 1.29 is 14.3 Å². The summed E-state index contributed by atoms with van der Waals surface area (Å²) < 4.78 is 9.64. The van der Waals surface area contributed by atoms with E-state index < -0.39 is 6.09 Å². The zero-order valence-corrected chi connectivity index (χ0v) is 11.7. The summed E-state index contributed by atoms with van der Waals surface area (Å²) in [6.45, 7) is 0. The second kappa shape index (κ2) is 7.04. The van der Waals surface area contributed by atoms with Crippen molar-refractivity contribution in [1.29, 1.82) is 0 Å². The topological polar surface area (TPSA) is 72.3 Å². The predicted octanol–water partition coefficient (Wildman–Crippen LogP) is 4.29. The molecule has 0 spiro atoms. The number of para-hydroxylation sites is 1. The number of azo groups is 1. The molecule has 0 aliphatic rings. The van der Waals surface area contributed by atoms with Crippen LogP contribution in [0, 0.1) is 0 Å². The number of nitrogens with one attached hydrogen (secondary N) is 1. The smallest absolute Gasteiger partial charge is 0.452 e. The molecule has 2 rings (SSSR count). The fourth-order valence-electron chi connectivity index (χ4n) is 1.66. The molecule has 1 N–H and O–H groups in total. The maximum Gasteiger partial charge on any atom is 0.452 e. The van der Waals surface area contributed by atoms with Crippen molar-refractivity contribution in [2.75, 3.05) is 19.5 Å². The van der Waals surface area contributed by atoms with E-state index in [1.54, 1.807) is 12.1 Å². The SMILES string of the molecule is COC(=O)N=Nc1ccc(Nc2ccccc2)cc1OC. The third-order valence-electron chi connectivity index (χ3n) is 2.66. The van der Waals surface area contributed by atoms with Gasteiger partial charge in [0.2, 0.25) is 0 Å². The van der Waals surface area contributed by atoms with Gasteiger partial charge in [0.25, 0.3) is 0 Å². The van der Waals surface area contributed by atoms with Crippen LogP contribution in [0.4, 0.5) is 21.9 Å². The average molecular weight is 285 g/mol. The van der Waals surface area contributed by atoms with Gasteiger partial charge in [-0.2, -0.15) is 0 Å². The van der Waals surface area contributed by atoms with Crippen LogP contribution in [0.25, 0.3) is 0 Å². The number of amides is 1. The van der Waals surface area contributed by atoms with Gasteiger partial charge in [-0.25, -0.2) is 4.79 Å². The first-order valence-corrected chi connectivity index (χ1v) is 6.22. The molecule has 108 valence electrons. The number of benzene rings is 2. The van der Waals surface area contributed by atoms with Gasteiger partial charge in [-0.3, -0.25) is 0 Å². The molecule has 0 radical (unpaired) electrons. The Hall–Kier alpha value is -2.89. The van der Waals surface area contributed by atoms with Crippen molar-refractivity contribution in [3.05, 3.63) is 48.5 Å². The number of nitrogens with zero attached hydrogens (tertiary/aromatic N) is 2. The molecule has 0 saturated carbocycles. The molecule has 0 fully saturated rings. The highest BCUT2D eigenvalue weighted by Crippen LogP contribution is 2.31. The van der Waals surface area contributed by atoms with Crippen LogP contribution in [-0.4, -0.2) is 20.3 Å². The second-order valence-corrected chi connectivity index (χ2v) is 4.05. The second-order valence-electron chi connectivity index (χ2n) is 4.05. The van der Waals surface area contributed by atoms with Crippen molar-refractivity contribution in [2.45, 2.75) is 0 Å². The van der Waals surface area contributed by atoms with Crippen LogP contribution < -0.4 is 10.1 Å². The fraction of sp³-hybridized carbons (Fsp3) is 0.133. The molecule has 0 bridgehead atoms. The lowest BCUT2D eigenvalue weighted by Gasteiger charge is -2.09. The largest absolute Gasteiger partial charge is 0.494 e. The summed E-state index contributed by atoms with van der Waals surface area (Å²) in [4.78, 5) is 11.0. The lowest BCUT2D eigenvalue weighted by atomic mass is 10.2. The number of rotatable bonds is 4. The molecule has 0 aliphatic heterocycles. The van der Waals surface area contributed by atoms with Crippen LogP contribution in [-0.2, 0) is 4.74 Å². The molecule has 0 unspecified atom stereocenters. The molecule has 6 heteroatoms. The first-order valence-electron chi connectivity index (χ1n) is 6.22. The third-order valence-corrected chi connectivity index (χ3v) is 2.66. The highest BCUT2D eigenvalue weighted by Gasteiger charge is 2.05. The molecule has 2 aromatic rings. The van der Waals surface area contributed by atoms with Gasteiger partial charge in [-0.05, 0) is 24.3 Å². The van der Waals surface area contributed by atoms with E-state index in [1.807, 2.05) is 36.4 Å². The molecule has 0 saturated heterocycles. The van der Waals surface area contributed by atoms with Crippen molar-refractivity contribution in [1.82, 2.24) is 0 Å². The first-order chi connectivity index (χ1) is 10.2. The van der Waals surface area contributed by atoms with E-state index in [9.17, 15) is 4.79 Å². The molecular formula is C15H15N3O3. The first kappa shape index (κ1) is 14.5. The van der Waals surface area contributed by atoms with Gasteiger partial charge in [-0.15, -0.1) is 5.11 Å². The van der Waals surface area contributed by atoms with Gasteiger partial charge in [0, 0.05) is 17.4 Å². The van der Waals surface area contributed by atoms with E-state index in [-0.39, 0.29) is 0 Å². The van der Waals surface area contributed by atoms with Crippen molar-refractivity contribution in [3.63, 3.8) is 0 Å². The summed E-state index contributed by atoms with van der Waals surface area (Å²) >= 11 is 0. The predicted molar refractivity (Wildman–Crippen MR) is 79.6 cm³/mol. The van der Waals surface area contributed by atoms with Crippen LogP contribution >= 0.6 is 0 Å². The van der Waals surface area contributed by atoms with Crippen LogP contribution in [0.2, 0.25) is 0 Å². The van der Waals surface area contributed by atoms with E-state index in [4.69, 9.17) is 4.74 Å². The number of methoxy groups -OCH3 is 2. The Morgan fingerprint density at radius 3 is 2.48 bits per heavy atom. The third kappa shape index (κ3) is 4.04. The lowest BCUT2D eigenvalue weighted by Crippen LogP contribution is -1.92. The van der Waals surface area contributed by atoms with Crippen LogP contribution in [0.5, 0.6) is 5.75 Å². The van der Waals surface area contributed by atoms with Crippen LogP contribution in [0.3, 0.4) is 0 Å². The van der Waals surface area contributed by atoms with Crippen molar-refractivity contribution in [3.8, 4) is 5.75 Å². The Morgan fingerprint density at radius 1 is 1.05 bits per heavy atom. The molecule has 0 atom stereocenters. The average Bonchev–Trinajstić information content (AvgIpc) is 2.54. The molecule has 2 aromatic carbocycles. The fourth-order valence-corrected chi connectivity index (χ4v) is 1.66. The highest BCUT2D eigenvalue weighted by atomic mass is 16.5. The lowest BCUT2D eigenvalue weighted by molar-refractivity contribution is 0.181. The Kier molecular flexibility index (Phi) is 4.87. The highest BCUT2D eigenvalue weighted by molar-refractivity contribution is 5.69. The number of hydrogen-bond donors (Lipinski definition) is 1. The minimum absolute atomic E-state index is 0.446. The van der Waals surface area contributed by atoms with E-state index in [0.29, 0.717) is 11.4 Å². The minimum atomic E-state index is -0.761. The summed E-state index contributed by atoms with van der Waals surface area (Å²) in [5.41, 5.74) is 2.25. The summed E-state index contributed by atoms with van der Waals surface area (Å²) in [6.07, 6.45) is -0.761. The van der Waals surface area contributed by atoms with Gasteiger partial charge >= 0.3 is 6.09 Å². The van der Waals surface area contributed by atoms with Gasteiger partial charge in [0.1, 0.15) is 11.4 Å². The summed E-state index contributed by atoms with van der Waals surface area (Å²) in [6, 6.07) is 15.0. The zero-order valence-electron chi connectivity index (χ0n) is 11.7. The molecular weight excluding hydrogens is 270 g/mol. The van der Waals surface area contributed by atoms with Crippen molar-refractivity contribution >= 4 is 23.2 Å². The number of anilines is 2. The van der Waals surface area contributed by atoms with Gasteiger partial charge in [0.15, 0.2) is 0 Å². The van der Waals surface area contributed by atoms with Gasteiger partial charge < -0.3 is 14.8 Å². The molecule has 0 aromatic heterocycles. The van der Waals surface area contributed by atoms with E-state index in [0.717, 1.165) is 11.4 Å². The van der Waals surface area contributed by atoms with Crippen LogP contribution in [0.1, 0.15) is 0 Å².